The topological polar surface area (TPSA) is 58.0 Å². The Balaban J connectivity index is 2.32. The number of fused-ring (bicyclic) bond motifs is 1. The molecule has 3 rings (SSSR count). The minimum atomic E-state index is -0.115. The van der Waals surface area contributed by atoms with Gasteiger partial charge in [0.15, 0.2) is 0 Å². The number of para-hydroxylation sites is 1. The molecule has 4 heteroatoms. The Bertz CT molecular complexity index is 563. The minimum Gasteiger partial charge on any atom is -0.506 e. The third-order valence-corrected chi connectivity index (χ3v) is 3.17. The first-order valence-electron chi connectivity index (χ1n) is 5.19. The van der Waals surface area contributed by atoms with Crippen molar-refractivity contribution < 1.29 is 5.11 Å². The van der Waals surface area contributed by atoms with E-state index in [1.165, 1.54) is 6.42 Å². The Kier molecular flexibility index (Phi) is 1.65. The molecule has 15 heavy (non-hydrogen) atoms. The number of aromatic nitrogens is 2. The summed E-state index contributed by atoms with van der Waals surface area (Å²) < 4.78 is 1.76. The fourth-order valence-corrected chi connectivity index (χ4v) is 2.14. The van der Waals surface area contributed by atoms with E-state index >= 15 is 0 Å². The smallest absolute Gasteiger partial charge is 0.326 e. The summed E-state index contributed by atoms with van der Waals surface area (Å²) in [7, 11) is 0. The van der Waals surface area contributed by atoms with Crippen LogP contribution in [0.15, 0.2) is 23.0 Å². The van der Waals surface area contributed by atoms with Gasteiger partial charge in [0, 0.05) is 6.04 Å². The zero-order valence-electron chi connectivity index (χ0n) is 8.23. The number of aromatic hydroxyl groups is 1. The number of hydrogen-bond donors (Lipinski definition) is 2. The summed E-state index contributed by atoms with van der Waals surface area (Å²) in [5.74, 6) is 0.141. The van der Waals surface area contributed by atoms with Gasteiger partial charge >= 0.3 is 5.69 Å². The summed E-state index contributed by atoms with van der Waals surface area (Å²) in [6, 6.07) is 5.53. The molecule has 0 aliphatic heterocycles. The lowest BCUT2D eigenvalue weighted by Crippen LogP contribution is -2.26. The maximum atomic E-state index is 11.7. The van der Waals surface area contributed by atoms with Crippen molar-refractivity contribution in [2.75, 3.05) is 0 Å². The normalized spacial score (nSPS) is 16.8. The average molecular weight is 204 g/mol. The second-order valence-electron chi connectivity index (χ2n) is 4.06. The SMILES string of the molecule is O=c1[nH]c2c(O)cccc2n1C1CCC1. The highest BCUT2D eigenvalue weighted by molar-refractivity contribution is 5.81. The van der Waals surface area contributed by atoms with Crippen LogP contribution >= 0.6 is 0 Å². The highest BCUT2D eigenvalue weighted by Crippen LogP contribution is 2.33. The Morgan fingerprint density at radius 1 is 1.40 bits per heavy atom. The third kappa shape index (κ3) is 1.11. The van der Waals surface area contributed by atoms with E-state index in [2.05, 4.69) is 4.98 Å². The van der Waals surface area contributed by atoms with Crippen molar-refractivity contribution in [3.8, 4) is 5.75 Å². The summed E-state index contributed by atoms with van der Waals surface area (Å²) in [6.45, 7) is 0. The van der Waals surface area contributed by atoms with E-state index in [-0.39, 0.29) is 11.4 Å². The van der Waals surface area contributed by atoms with E-state index < -0.39 is 0 Å². The van der Waals surface area contributed by atoms with Gasteiger partial charge in [-0.05, 0) is 31.4 Å². The van der Waals surface area contributed by atoms with E-state index in [1.54, 1.807) is 16.7 Å². The first kappa shape index (κ1) is 8.59. The predicted molar refractivity (Wildman–Crippen MR) is 57.1 cm³/mol. The van der Waals surface area contributed by atoms with Gasteiger partial charge in [-0.25, -0.2) is 4.79 Å². The zero-order valence-corrected chi connectivity index (χ0v) is 8.23. The number of hydrogen-bond acceptors (Lipinski definition) is 2. The number of rotatable bonds is 1. The summed E-state index contributed by atoms with van der Waals surface area (Å²) in [4.78, 5) is 14.4. The number of benzene rings is 1. The summed E-state index contributed by atoms with van der Waals surface area (Å²) in [5.41, 5.74) is 1.25. The number of nitrogens with zero attached hydrogens (tertiary/aromatic N) is 1. The molecule has 1 aromatic heterocycles. The number of phenols is 1. The van der Waals surface area contributed by atoms with Crippen molar-refractivity contribution in [2.45, 2.75) is 25.3 Å². The number of H-pyrrole nitrogens is 1. The van der Waals surface area contributed by atoms with Gasteiger partial charge in [-0.1, -0.05) is 6.07 Å². The maximum absolute atomic E-state index is 11.7. The number of imidazole rings is 1. The largest absolute Gasteiger partial charge is 0.506 e. The highest BCUT2D eigenvalue weighted by Gasteiger charge is 2.23. The third-order valence-electron chi connectivity index (χ3n) is 3.17. The molecule has 4 nitrogen and oxygen atoms in total. The quantitative estimate of drug-likeness (QED) is 0.743. The molecule has 1 saturated carbocycles. The molecule has 0 bridgehead atoms. The number of nitrogens with one attached hydrogen (secondary N) is 1. The van der Waals surface area contributed by atoms with Crippen LogP contribution < -0.4 is 5.69 Å². The molecule has 2 aromatic rings. The molecule has 0 radical (unpaired) electrons. The second kappa shape index (κ2) is 2.89. The molecule has 0 saturated heterocycles. The van der Waals surface area contributed by atoms with Gasteiger partial charge in [-0.15, -0.1) is 0 Å². The summed E-state index contributed by atoms with van der Waals surface area (Å²) in [5, 5.41) is 9.60. The first-order chi connectivity index (χ1) is 7.27. The molecule has 1 aromatic carbocycles. The molecule has 0 spiro atoms. The van der Waals surface area contributed by atoms with Gasteiger partial charge in [0.25, 0.3) is 0 Å². The van der Waals surface area contributed by atoms with Gasteiger partial charge in [0.1, 0.15) is 11.3 Å². The molecular formula is C11H12N2O2. The molecule has 1 heterocycles. The minimum absolute atomic E-state index is 0.115. The lowest BCUT2D eigenvalue weighted by Gasteiger charge is -2.26. The predicted octanol–water partition coefficient (Wildman–Crippen LogP) is 1.76. The van der Waals surface area contributed by atoms with Crippen molar-refractivity contribution in [3.05, 3.63) is 28.7 Å². The fraction of sp³-hybridized carbons (Fsp3) is 0.364. The Labute approximate surface area is 86.2 Å². The van der Waals surface area contributed by atoms with Crippen LogP contribution in [0.1, 0.15) is 25.3 Å². The van der Waals surface area contributed by atoms with Gasteiger partial charge in [-0.2, -0.15) is 0 Å². The van der Waals surface area contributed by atoms with Gasteiger partial charge in [-0.3, -0.25) is 4.57 Å². The molecule has 78 valence electrons. The van der Waals surface area contributed by atoms with Gasteiger partial charge in [0.2, 0.25) is 0 Å². The van der Waals surface area contributed by atoms with E-state index in [1.807, 2.05) is 6.07 Å². The maximum Gasteiger partial charge on any atom is 0.326 e. The molecule has 1 fully saturated rings. The van der Waals surface area contributed by atoms with Crippen LogP contribution in [0, 0.1) is 0 Å². The summed E-state index contributed by atoms with van der Waals surface area (Å²) >= 11 is 0. The Hall–Kier alpha value is -1.71. The van der Waals surface area contributed by atoms with E-state index in [4.69, 9.17) is 0 Å². The fourth-order valence-electron chi connectivity index (χ4n) is 2.14. The van der Waals surface area contributed by atoms with Gasteiger partial charge < -0.3 is 10.1 Å². The standard InChI is InChI=1S/C11H12N2O2/c14-9-6-2-5-8-10(9)12-11(15)13(8)7-3-1-4-7/h2,5-7,14H,1,3-4H2,(H,12,15). The van der Waals surface area contributed by atoms with Crippen LogP contribution in [-0.4, -0.2) is 14.7 Å². The molecule has 0 unspecified atom stereocenters. The van der Waals surface area contributed by atoms with Crippen molar-refractivity contribution >= 4 is 11.0 Å². The van der Waals surface area contributed by atoms with E-state index in [9.17, 15) is 9.90 Å². The molecule has 0 amide bonds. The lowest BCUT2D eigenvalue weighted by atomic mass is 9.93. The van der Waals surface area contributed by atoms with Crippen LogP contribution in [0.2, 0.25) is 0 Å². The van der Waals surface area contributed by atoms with Crippen LogP contribution in [0.3, 0.4) is 0 Å². The number of phenolic OH excluding ortho intramolecular Hbond substituents is 1. The zero-order chi connectivity index (χ0) is 10.4. The monoisotopic (exact) mass is 204 g/mol. The van der Waals surface area contributed by atoms with Gasteiger partial charge in [0.05, 0.1) is 5.52 Å². The average Bonchev–Trinajstić information content (AvgIpc) is 2.44. The van der Waals surface area contributed by atoms with Crippen molar-refractivity contribution in [2.24, 2.45) is 0 Å². The first-order valence-corrected chi connectivity index (χ1v) is 5.19. The molecule has 1 aliphatic carbocycles. The van der Waals surface area contributed by atoms with Crippen molar-refractivity contribution in [1.82, 2.24) is 9.55 Å². The van der Waals surface area contributed by atoms with Crippen molar-refractivity contribution in [1.29, 1.82) is 0 Å². The highest BCUT2D eigenvalue weighted by atomic mass is 16.3. The van der Waals surface area contributed by atoms with Crippen LogP contribution in [0.4, 0.5) is 0 Å². The Morgan fingerprint density at radius 3 is 2.87 bits per heavy atom. The van der Waals surface area contributed by atoms with E-state index in [0.29, 0.717) is 11.6 Å². The van der Waals surface area contributed by atoms with Crippen molar-refractivity contribution in [3.63, 3.8) is 0 Å². The van der Waals surface area contributed by atoms with Crippen LogP contribution in [-0.2, 0) is 0 Å². The summed E-state index contributed by atoms with van der Waals surface area (Å²) in [6.07, 6.45) is 3.30. The molecular weight excluding hydrogens is 192 g/mol. The second-order valence-corrected chi connectivity index (χ2v) is 4.06. The van der Waals surface area contributed by atoms with E-state index in [0.717, 1.165) is 18.4 Å². The lowest BCUT2D eigenvalue weighted by molar-refractivity contribution is 0.314. The molecule has 0 atom stereocenters. The Morgan fingerprint density at radius 2 is 2.20 bits per heavy atom. The molecule has 1 aliphatic rings. The number of aromatic amines is 1. The molecule has 2 N–H and O–H groups in total. The van der Waals surface area contributed by atoms with Crippen LogP contribution in [0.5, 0.6) is 5.75 Å². The van der Waals surface area contributed by atoms with Crippen LogP contribution in [0.25, 0.3) is 11.0 Å².